The van der Waals surface area contributed by atoms with E-state index in [4.69, 9.17) is 5.26 Å². The van der Waals surface area contributed by atoms with Crippen LogP contribution < -0.4 is 0 Å². The number of benzene rings is 1. The van der Waals surface area contributed by atoms with Crippen LogP contribution in [0.25, 0.3) is 0 Å². The molecule has 1 aromatic carbocycles. The van der Waals surface area contributed by atoms with E-state index >= 15 is 0 Å². The standard InChI is InChI=1S/C9H5FINO2/c1-14-9(13)5-2-6(4-12)8(10)7(11)3-5/h2-3H,1H3. The molecule has 0 radical (unpaired) electrons. The molecule has 0 aromatic heterocycles. The Labute approximate surface area is 93.6 Å². The molecule has 72 valence electrons. The molecule has 14 heavy (non-hydrogen) atoms. The molecular formula is C9H5FINO2. The third-order valence-electron chi connectivity index (χ3n) is 1.57. The highest BCUT2D eigenvalue weighted by Crippen LogP contribution is 2.18. The van der Waals surface area contributed by atoms with Crippen molar-refractivity contribution < 1.29 is 13.9 Å². The van der Waals surface area contributed by atoms with E-state index in [1.54, 1.807) is 28.7 Å². The fraction of sp³-hybridized carbons (Fsp3) is 0.111. The van der Waals surface area contributed by atoms with Crippen molar-refractivity contribution in [2.45, 2.75) is 0 Å². The van der Waals surface area contributed by atoms with Gasteiger partial charge in [-0.05, 0) is 34.7 Å². The topological polar surface area (TPSA) is 50.1 Å². The lowest BCUT2D eigenvalue weighted by molar-refractivity contribution is 0.0600. The maximum atomic E-state index is 13.2. The van der Waals surface area contributed by atoms with Crippen LogP contribution in [-0.4, -0.2) is 13.1 Å². The van der Waals surface area contributed by atoms with E-state index in [1.807, 2.05) is 0 Å². The number of halogens is 2. The molecule has 0 unspecified atom stereocenters. The van der Waals surface area contributed by atoms with E-state index in [0.717, 1.165) is 0 Å². The molecule has 0 atom stereocenters. The van der Waals surface area contributed by atoms with Crippen LogP contribution in [0.1, 0.15) is 15.9 Å². The first-order chi connectivity index (χ1) is 6.60. The Bertz CT molecular complexity index is 426. The van der Waals surface area contributed by atoms with E-state index in [2.05, 4.69) is 4.74 Å². The van der Waals surface area contributed by atoms with Crippen LogP contribution in [0.5, 0.6) is 0 Å². The molecule has 0 heterocycles. The minimum absolute atomic E-state index is 0.155. The maximum absolute atomic E-state index is 13.2. The van der Waals surface area contributed by atoms with Gasteiger partial charge >= 0.3 is 5.97 Å². The molecule has 1 rings (SSSR count). The third-order valence-corrected chi connectivity index (χ3v) is 2.35. The van der Waals surface area contributed by atoms with Crippen molar-refractivity contribution >= 4 is 28.6 Å². The molecule has 3 nitrogen and oxygen atoms in total. The Hall–Kier alpha value is -1.16. The van der Waals surface area contributed by atoms with Gasteiger partial charge in [0.2, 0.25) is 0 Å². The van der Waals surface area contributed by atoms with Crippen LogP contribution in [-0.2, 0) is 4.74 Å². The summed E-state index contributed by atoms with van der Waals surface area (Å²) in [4.78, 5) is 11.1. The van der Waals surface area contributed by atoms with Crippen LogP contribution in [0.2, 0.25) is 0 Å². The van der Waals surface area contributed by atoms with Gasteiger partial charge in [0.25, 0.3) is 0 Å². The Balaban J connectivity index is 3.32. The van der Waals surface area contributed by atoms with E-state index in [0.29, 0.717) is 0 Å². The minimum Gasteiger partial charge on any atom is -0.465 e. The first-order valence-electron chi connectivity index (χ1n) is 3.57. The molecular weight excluding hydrogens is 300 g/mol. The molecule has 0 aliphatic rings. The zero-order valence-electron chi connectivity index (χ0n) is 7.17. The number of nitrogens with zero attached hydrogens (tertiary/aromatic N) is 1. The quantitative estimate of drug-likeness (QED) is 0.590. The molecule has 0 aliphatic carbocycles. The molecule has 0 saturated carbocycles. The summed E-state index contributed by atoms with van der Waals surface area (Å²) in [5, 5.41) is 8.58. The second-order valence-corrected chi connectivity index (χ2v) is 3.59. The van der Waals surface area contributed by atoms with E-state index in [1.165, 1.54) is 19.2 Å². The molecule has 0 saturated heterocycles. The number of esters is 1. The highest BCUT2D eigenvalue weighted by atomic mass is 127. The number of nitriles is 1. The van der Waals surface area contributed by atoms with Crippen LogP contribution in [0.15, 0.2) is 12.1 Å². The SMILES string of the molecule is COC(=O)c1cc(I)c(F)c(C#N)c1. The number of hydrogen-bond acceptors (Lipinski definition) is 3. The summed E-state index contributed by atoms with van der Waals surface area (Å²) in [6, 6.07) is 4.17. The van der Waals surface area contributed by atoms with Gasteiger partial charge in [-0.25, -0.2) is 9.18 Å². The molecule has 5 heteroatoms. The van der Waals surface area contributed by atoms with E-state index < -0.39 is 11.8 Å². The van der Waals surface area contributed by atoms with Crippen molar-refractivity contribution in [2.75, 3.05) is 7.11 Å². The van der Waals surface area contributed by atoms with E-state index in [9.17, 15) is 9.18 Å². The van der Waals surface area contributed by atoms with Crippen molar-refractivity contribution in [3.05, 3.63) is 32.6 Å². The monoisotopic (exact) mass is 305 g/mol. The highest BCUT2D eigenvalue weighted by molar-refractivity contribution is 14.1. The van der Waals surface area contributed by atoms with Crippen molar-refractivity contribution in [3.63, 3.8) is 0 Å². The number of ether oxygens (including phenoxy) is 1. The fourth-order valence-electron chi connectivity index (χ4n) is 0.906. The lowest BCUT2D eigenvalue weighted by Crippen LogP contribution is -2.03. The molecule has 0 amide bonds. The predicted molar refractivity (Wildman–Crippen MR) is 55.2 cm³/mol. The first-order valence-corrected chi connectivity index (χ1v) is 4.65. The summed E-state index contributed by atoms with van der Waals surface area (Å²) in [5.74, 6) is -1.19. The van der Waals surface area contributed by atoms with Gasteiger partial charge in [-0.3, -0.25) is 0 Å². The zero-order chi connectivity index (χ0) is 10.7. The second kappa shape index (κ2) is 4.37. The number of carbonyl (C=O) groups is 1. The van der Waals surface area contributed by atoms with Crippen LogP contribution >= 0.6 is 22.6 Å². The minimum atomic E-state index is -0.610. The van der Waals surface area contributed by atoms with Gasteiger partial charge in [0.1, 0.15) is 6.07 Å². The molecule has 0 aliphatic heterocycles. The first kappa shape index (κ1) is 10.9. The predicted octanol–water partition coefficient (Wildman–Crippen LogP) is 2.09. The Morgan fingerprint density at radius 1 is 1.64 bits per heavy atom. The molecule has 0 bridgehead atoms. The Morgan fingerprint density at radius 3 is 2.79 bits per heavy atom. The average molecular weight is 305 g/mol. The summed E-state index contributed by atoms with van der Waals surface area (Å²) in [5.41, 5.74) is 0.0205. The van der Waals surface area contributed by atoms with Crippen molar-refractivity contribution in [1.29, 1.82) is 5.26 Å². The number of carbonyl (C=O) groups excluding carboxylic acids is 1. The Kier molecular flexibility index (Phi) is 3.41. The zero-order valence-corrected chi connectivity index (χ0v) is 9.33. The highest BCUT2D eigenvalue weighted by Gasteiger charge is 2.13. The fourth-order valence-corrected chi connectivity index (χ4v) is 1.53. The Morgan fingerprint density at radius 2 is 2.29 bits per heavy atom. The van der Waals surface area contributed by atoms with Gasteiger partial charge < -0.3 is 4.74 Å². The summed E-state index contributed by atoms with van der Waals surface area (Å²) in [6.07, 6.45) is 0. The molecule has 0 N–H and O–H groups in total. The maximum Gasteiger partial charge on any atom is 0.337 e. The summed E-state index contributed by atoms with van der Waals surface area (Å²) >= 11 is 1.71. The summed E-state index contributed by atoms with van der Waals surface area (Å²) < 4.78 is 17.8. The number of rotatable bonds is 1. The van der Waals surface area contributed by atoms with Gasteiger partial charge in [0.05, 0.1) is 21.8 Å². The second-order valence-electron chi connectivity index (χ2n) is 2.42. The lowest BCUT2D eigenvalue weighted by atomic mass is 10.1. The van der Waals surface area contributed by atoms with Crippen molar-refractivity contribution in [2.24, 2.45) is 0 Å². The number of methoxy groups -OCH3 is 1. The molecule has 1 aromatic rings. The molecule has 0 fully saturated rings. The number of hydrogen-bond donors (Lipinski definition) is 0. The van der Waals surface area contributed by atoms with Crippen LogP contribution in [0, 0.1) is 20.7 Å². The molecule has 0 spiro atoms. The average Bonchev–Trinajstić information content (AvgIpc) is 2.20. The van der Waals surface area contributed by atoms with Gasteiger partial charge in [-0.15, -0.1) is 0 Å². The van der Waals surface area contributed by atoms with Crippen LogP contribution in [0.3, 0.4) is 0 Å². The normalized spacial score (nSPS) is 9.29. The lowest BCUT2D eigenvalue weighted by Gasteiger charge is -2.02. The van der Waals surface area contributed by atoms with Crippen molar-refractivity contribution in [3.8, 4) is 6.07 Å². The third kappa shape index (κ3) is 2.01. The largest absolute Gasteiger partial charge is 0.465 e. The van der Waals surface area contributed by atoms with Gasteiger partial charge in [0, 0.05) is 0 Å². The summed E-state index contributed by atoms with van der Waals surface area (Å²) in [7, 11) is 1.23. The van der Waals surface area contributed by atoms with E-state index in [-0.39, 0.29) is 14.7 Å². The summed E-state index contributed by atoms with van der Waals surface area (Å²) in [6.45, 7) is 0. The van der Waals surface area contributed by atoms with Gasteiger partial charge in [0.15, 0.2) is 5.82 Å². The smallest absolute Gasteiger partial charge is 0.337 e. The van der Waals surface area contributed by atoms with Gasteiger partial charge in [-0.1, -0.05) is 0 Å². The van der Waals surface area contributed by atoms with Crippen molar-refractivity contribution in [1.82, 2.24) is 0 Å². The van der Waals surface area contributed by atoms with Gasteiger partial charge in [-0.2, -0.15) is 5.26 Å². The van der Waals surface area contributed by atoms with Crippen LogP contribution in [0.4, 0.5) is 4.39 Å².